The van der Waals surface area contributed by atoms with Crippen LogP contribution in [-0.4, -0.2) is 33.7 Å². The molecule has 0 spiro atoms. The Morgan fingerprint density at radius 3 is 2.91 bits per heavy atom. The molecule has 0 amide bonds. The molecule has 22 heavy (non-hydrogen) atoms. The lowest BCUT2D eigenvalue weighted by molar-refractivity contribution is 0.628. The second kappa shape index (κ2) is 6.22. The van der Waals surface area contributed by atoms with Gasteiger partial charge in [-0.3, -0.25) is 0 Å². The maximum absolute atomic E-state index is 13.5. The normalized spacial score (nSPS) is 14.9. The Hall–Kier alpha value is -2.95. The first-order valence-electron chi connectivity index (χ1n) is 6.93. The predicted molar refractivity (Wildman–Crippen MR) is 79.2 cm³/mol. The second-order valence-corrected chi connectivity index (χ2v) is 4.91. The number of halogens is 1. The van der Waals surface area contributed by atoms with E-state index in [4.69, 9.17) is 5.26 Å². The predicted octanol–water partition coefficient (Wildman–Crippen LogP) is 1.92. The highest BCUT2D eigenvalue weighted by Gasteiger charge is 2.16. The van der Waals surface area contributed by atoms with Crippen LogP contribution in [0, 0.1) is 17.1 Å². The van der Waals surface area contributed by atoms with E-state index in [1.54, 1.807) is 6.07 Å². The lowest BCUT2D eigenvalue weighted by atomic mass is 10.2. The number of H-pyrrole nitrogens is 1. The van der Waals surface area contributed by atoms with Gasteiger partial charge in [0.05, 0.1) is 11.4 Å². The lowest BCUT2D eigenvalue weighted by Crippen LogP contribution is -2.18. The van der Waals surface area contributed by atoms with E-state index in [1.807, 2.05) is 6.07 Å². The second-order valence-electron chi connectivity index (χ2n) is 4.91. The summed E-state index contributed by atoms with van der Waals surface area (Å²) >= 11 is 0. The molecule has 0 aliphatic carbocycles. The van der Waals surface area contributed by atoms with Gasteiger partial charge >= 0.3 is 0 Å². The van der Waals surface area contributed by atoms with E-state index in [0.29, 0.717) is 5.69 Å². The molecule has 0 bridgehead atoms. The molecule has 0 unspecified atom stereocenters. The molecule has 8 heteroatoms. The fraction of sp³-hybridized carbons (Fsp3) is 0.286. The largest absolute Gasteiger partial charge is 0.370 e. The van der Waals surface area contributed by atoms with Crippen LogP contribution in [0.3, 0.4) is 0 Å². The molecule has 0 saturated carbocycles. The minimum Gasteiger partial charge on any atom is -0.370 e. The Morgan fingerprint density at radius 1 is 1.41 bits per heavy atom. The molecular formula is C14H14FN7. The molecule has 1 saturated heterocycles. The standard InChI is InChI=1S/C14H14FN7/c15-11-3-4-13(22-5-1-2-6-22)12(7-11)17-9-10(8-16)14-18-20-21-19-14/h3-4,7,9,17H,1-2,5-6H2,(H,18,19,20,21). The van der Waals surface area contributed by atoms with Gasteiger partial charge in [-0.25, -0.2) is 4.39 Å². The average molecular weight is 299 g/mol. The molecular weight excluding hydrogens is 285 g/mol. The van der Waals surface area contributed by atoms with Crippen LogP contribution >= 0.6 is 0 Å². The zero-order valence-electron chi connectivity index (χ0n) is 11.8. The van der Waals surface area contributed by atoms with Crippen molar-refractivity contribution in [2.75, 3.05) is 23.3 Å². The average Bonchev–Trinajstić information content (AvgIpc) is 3.21. The number of benzene rings is 1. The van der Waals surface area contributed by atoms with Crippen molar-refractivity contribution in [1.82, 2.24) is 20.6 Å². The number of anilines is 2. The SMILES string of the molecule is N#CC(=CNc1cc(F)ccc1N1CCCC1)c1nn[nH]n1. The molecule has 1 aromatic carbocycles. The highest BCUT2D eigenvalue weighted by molar-refractivity contribution is 5.77. The summed E-state index contributed by atoms with van der Waals surface area (Å²) in [6, 6.07) is 6.58. The molecule has 112 valence electrons. The van der Waals surface area contributed by atoms with E-state index < -0.39 is 0 Å². The van der Waals surface area contributed by atoms with Crippen molar-refractivity contribution in [1.29, 1.82) is 5.26 Å². The zero-order chi connectivity index (χ0) is 15.4. The zero-order valence-corrected chi connectivity index (χ0v) is 11.8. The topological polar surface area (TPSA) is 93.5 Å². The summed E-state index contributed by atoms with van der Waals surface area (Å²) < 4.78 is 13.5. The maximum Gasteiger partial charge on any atom is 0.216 e. The number of allylic oxidation sites excluding steroid dienone is 1. The van der Waals surface area contributed by atoms with Crippen LogP contribution in [0.2, 0.25) is 0 Å². The quantitative estimate of drug-likeness (QED) is 0.838. The van der Waals surface area contributed by atoms with E-state index in [2.05, 4.69) is 30.8 Å². The summed E-state index contributed by atoms with van der Waals surface area (Å²) in [5.41, 5.74) is 1.74. The molecule has 2 N–H and O–H groups in total. The van der Waals surface area contributed by atoms with Crippen LogP contribution in [0.4, 0.5) is 15.8 Å². The molecule has 1 aliphatic heterocycles. The van der Waals surface area contributed by atoms with Crippen molar-refractivity contribution < 1.29 is 4.39 Å². The van der Waals surface area contributed by atoms with Crippen LogP contribution in [0.1, 0.15) is 18.7 Å². The number of tetrazole rings is 1. The van der Waals surface area contributed by atoms with Gasteiger partial charge in [0.2, 0.25) is 5.82 Å². The van der Waals surface area contributed by atoms with E-state index >= 15 is 0 Å². The number of aromatic amines is 1. The molecule has 3 rings (SSSR count). The van der Waals surface area contributed by atoms with Crippen LogP contribution in [0.25, 0.3) is 5.57 Å². The molecule has 0 atom stereocenters. The minimum absolute atomic E-state index is 0.189. The number of nitrogens with one attached hydrogen (secondary N) is 2. The third kappa shape index (κ3) is 2.88. The molecule has 1 aliphatic rings. The molecule has 7 nitrogen and oxygen atoms in total. The van der Waals surface area contributed by atoms with Gasteiger partial charge in [0.15, 0.2) is 0 Å². The molecule has 2 aromatic rings. The van der Waals surface area contributed by atoms with Crippen LogP contribution in [0.5, 0.6) is 0 Å². The Labute approximate surface area is 126 Å². The van der Waals surface area contributed by atoms with Crippen molar-refractivity contribution in [2.45, 2.75) is 12.8 Å². The Bertz CT molecular complexity index is 711. The fourth-order valence-electron chi connectivity index (χ4n) is 2.43. The Morgan fingerprint density at radius 2 is 2.23 bits per heavy atom. The van der Waals surface area contributed by atoms with Crippen molar-refractivity contribution in [2.24, 2.45) is 0 Å². The first-order valence-corrected chi connectivity index (χ1v) is 6.93. The third-order valence-electron chi connectivity index (χ3n) is 3.48. The van der Waals surface area contributed by atoms with Crippen LogP contribution < -0.4 is 10.2 Å². The van der Waals surface area contributed by atoms with Gasteiger partial charge < -0.3 is 10.2 Å². The fourth-order valence-corrected chi connectivity index (χ4v) is 2.43. The van der Waals surface area contributed by atoms with E-state index in [1.165, 1.54) is 18.3 Å². The lowest BCUT2D eigenvalue weighted by Gasteiger charge is -2.21. The third-order valence-corrected chi connectivity index (χ3v) is 3.48. The van der Waals surface area contributed by atoms with Gasteiger partial charge in [-0.2, -0.15) is 10.5 Å². The number of hydrogen-bond acceptors (Lipinski definition) is 6. The number of hydrogen-bond donors (Lipinski definition) is 2. The highest BCUT2D eigenvalue weighted by Crippen LogP contribution is 2.30. The van der Waals surface area contributed by atoms with Gasteiger partial charge in [-0.15, -0.1) is 10.2 Å². The summed E-state index contributed by atoms with van der Waals surface area (Å²) in [6.45, 7) is 1.89. The number of aromatic nitrogens is 4. The van der Waals surface area contributed by atoms with Gasteiger partial charge in [0.1, 0.15) is 17.5 Å². The van der Waals surface area contributed by atoms with Crippen molar-refractivity contribution in [3.8, 4) is 6.07 Å². The summed E-state index contributed by atoms with van der Waals surface area (Å²) in [4.78, 5) is 2.19. The Balaban J connectivity index is 1.88. The van der Waals surface area contributed by atoms with Gasteiger partial charge in [-0.1, -0.05) is 0 Å². The van der Waals surface area contributed by atoms with Crippen molar-refractivity contribution >= 4 is 16.9 Å². The van der Waals surface area contributed by atoms with Gasteiger partial charge in [0.25, 0.3) is 0 Å². The van der Waals surface area contributed by atoms with Crippen LogP contribution in [0.15, 0.2) is 24.4 Å². The van der Waals surface area contributed by atoms with Gasteiger partial charge in [-0.05, 0) is 36.3 Å². The number of nitrogens with zero attached hydrogens (tertiary/aromatic N) is 5. The first-order chi connectivity index (χ1) is 10.8. The minimum atomic E-state index is -0.336. The molecule has 1 aromatic heterocycles. The summed E-state index contributed by atoms with van der Waals surface area (Å²) in [6.07, 6.45) is 3.71. The molecule has 1 fully saturated rings. The molecule has 2 heterocycles. The van der Waals surface area contributed by atoms with E-state index in [9.17, 15) is 4.39 Å². The van der Waals surface area contributed by atoms with E-state index in [0.717, 1.165) is 31.6 Å². The van der Waals surface area contributed by atoms with E-state index in [-0.39, 0.29) is 17.2 Å². The first kappa shape index (κ1) is 14.0. The molecule has 0 radical (unpaired) electrons. The van der Waals surface area contributed by atoms with Gasteiger partial charge in [0, 0.05) is 19.3 Å². The summed E-state index contributed by atoms with van der Waals surface area (Å²) in [5.74, 6) is -0.147. The maximum atomic E-state index is 13.5. The van der Waals surface area contributed by atoms with Crippen molar-refractivity contribution in [3.05, 3.63) is 36.0 Å². The summed E-state index contributed by atoms with van der Waals surface area (Å²) in [7, 11) is 0. The number of nitriles is 1. The van der Waals surface area contributed by atoms with Crippen molar-refractivity contribution in [3.63, 3.8) is 0 Å². The highest BCUT2D eigenvalue weighted by atomic mass is 19.1. The monoisotopic (exact) mass is 299 g/mol. The number of rotatable bonds is 4. The summed E-state index contributed by atoms with van der Waals surface area (Å²) in [5, 5.41) is 25.3. The smallest absolute Gasteiger partial charge is 0.216 e. The van der Waals surface area contributed by atoms with Crippen LogP contribution in [-0.2, 0) is 0 Å². The Kier molecular flexibility index (Phi) is 3.96.